The van der Waals surface area contributed by atoms with Gasteiger partial charge in [0.1, 0.15) is 18.5 Å². The first kappa shape index (κ1) is 10.4. The molecule has 5 heteroatoms. The van der Waals surface area contributed by atoms with Crippen LogP contribution in [0.5, 0.6) is 5.75 Å². The molecular weight excluding hydrogens is 220 g/mol. The zero-order valence-electron chi connectivity index (χ0n) is 9.39. The quantitative estimate of drug-likeness (QED) is 0.790. The predicted molar refractivity (Wildman–Crippen MR) is 62.4 cm³/mol. The molecule has 0 aliphatic carbocycles. The van der Waals surface area contributed by atoms with Crippen LogP contribution in [0.4, 0.5) is 10.5 Å². The van der Waals surface area contributed by atoms with Gasteiger partial charge in [0.2, 0.25) is 0 Å². The summed E-state index contributed by atoms with van der Waals surface area (Å²) < 4.78 is 10.8. The molecule has 3 rings (SSSR count). The zero-order chi connectivity index (χ0) is 11.7. The molecule has 17 heavy (non-hydrogen) atoms. The summed E-state index contributed by atoms with van der Waals surface area (Å²) >= 11 is 0. The highest BCUT2D eigenvalue weighted by Crippen LogP contribution is 2.29. The molecule has 2 aliphatic heterocycles. The van der Waals surface area contributed by atoms with E-state index >= 15 is 0 Å². The minimum Gasteiger partial charge on any atom is -0.489 e. The van der Waals surface area contributed by atoms with Gasteiger partial charge >= 0.3 is 6.03 Å². The van der Waals surface area contributed by atoms with Crippen molar-refractivity contribution in [1.82, 2.24) is 5.32 Å². The molecule has 2 amide bonds. The second-order valence-corrected chi connectivity index (χ2v) is 4.12. The minimum absolute atomic E-state index is 0.0660. The van der Waals surface area contributed by atoms with Crippen molar-refractivity contribution in [2.24, 2.45) is 0 Å². The van der Waals surface area contributed by atoms with Crippen molar-refractivity contribution in [3.8, 4) is 5.75 Å². The van der Waals surface area contributed by atoms with Crippen LogP contribution >= 0.6 is 0 Å². The summed E-state index contributed by atoms with van der Waals surface area (Å²) in [6, 6.07) is 7.52. The zero-order valence-corrected chi connectivity index (χ0v) is 9.39. The second-order valence-electron chi connectivity index (χ2n) is 4.12. The molecule has 2 heterocycles. The number of ether oxygens (including phenoxy) is 2. The highest BCUT2D eigenvalue weighted by atomic mass is 16.6. The number of benzene rings is 1. The van der Waals surface area contributed by atoms with E-state index in [1.54, 1.807) is 4.90 Å². The Morgan fingerprint density at radius 3 is 3.00 bits per heavy atom. The topological polar surface area (TPSA) is 54.1 Å². The predicted octanol–water partition coefficient (Wildman–Crippen LogP) is 0.994. The van der Waals surface area contributed by atoms with Crippen molar-refractivity contribution in [1.29, 1.82) is 0 Å². The molecule has 1 aromatic rings. The van der Waals surface area contributed by atoms with Gasteiger partial charge in [0, 0.05) is 13.1 Å². The summed E-state index contributed by atoms with van der Waals surface area (Å²) in [7, 11) is 0. The Kier molecular flexibility index (Phi) is 2.60. The Balaban J connectivity index is 1.78. The smallest absolute Gasteiger partial charge is 0.322 e. The molecule has 0 spiro atoms. The summed E-state index contributed by atoms with van der Waals surface area (Å²) in [5.41, 5.74) is 0.822. The van der Waals surface area contributed by atoms with Crippen LogP contribution < -0.4 is 15.0 Å². The number of carbonyl (C=O) groups excluding carboxylic acids is 1. The molecule has 0 radical (unpaired) electrons. The van der Waals surface area contributed by atoms with Crippen molar-refractivity contribution in [2.75, 3.05) is 31.2 Å². The van der Waals surface area contributed by atoms with Crippen LogP contribution in [0.15, 0.2) is 24.3 Å². The molecule has 2 fully saturated rings. The van der Waals surface area contributed by atoms with Gasteiger partial charge < -0.3 is 14.8 Å². The number of anilines is 1. The van der Waals surface area contributed by atoms with Gasteiger partial charge in [-0.2, -0.15) is 0 Å². The molecule has 1 aromatic carbocycles. The maximum Gasteiger partial charge on any atom is 0.322 e. The first-order valence-electron chi connectivity index (χ1n) is 5.73. The molecule has 0 aromatic heterocycles. The number of urea groups is 1. The van der Waals surface area contributed by atoms with E-state index in [2.05, 4.69) is 5.32 Å². The lowest BCUT2D eigenvalue weighted by molar-refractivity contribution is 0.250. The van der Waals surface area contributed by atoms with Gasteiger partial charge in [-0.15, -0.1) is 0 Å². The molecule has 0 saturated carbocycles. The van der Waals surface area contributed by atoms with Gasteiger partial charge in [-0.05, 0) is 12.1 Å². The number of carbonyl (C=O) groups is 1. The highest BCUT2D eigenvalue weighted by molar-refractivity contribution is 5.95. The first-order chi connectivity index (χ1) is 8.34. The summed E-state index contributed by atoms with van der Waals surface area (Å²) in [6.07, 6.45) is 0.218. The number of nitrogens with zero attached hydrogens (tertiary/aromatic N) is 1. The molecule has 2 saturated heterocycles. The van der Waals surface area contributed by atoms with E-state index in [-0.39, 0.29) is 12.1 Å². The SMILES string of the molecule is O=C1NCCN1c1ccccc1OC[C@@H]1CO1. The summed E-state index contributed by atoms with van der Waals surface area (Å²) in [4.78, 5) is 13.3. The molecule has 90 valence electrons. The van der Waals surface area contributed by atoms with Crippen LogP contribution in [0.3, 0.4) is 0 Å². The lowest BCUT2D eigenvalue weighted by atomic mass is 10.2. The molecule has 5 nitrogen and oxygen atoms in total. The first-order valence-corrected chi connectivity index (χ1v) is 5.73. The third kappa shape index (κ3) is 2.19. The summed E-state index contributed by atoms with van der Waals surface area (Å²) in [5.74, 6) is 0.736. The number of rotatable bonds is 4. The number of amides is 2. The van der Waals surface area contributed by atoms with Gasteiger partial charge in [0.05, 0.1) is 12.3 Å². The number of nitrogens with one attached hydrogen (secondary N) is 1. The average Bonchev–Trinajstić information content (AvgIpc) is 3.09. The van der Waals surface area contributed by atoms with Crippen molar-refractivity contribution in [3.63, 3.8) is 0 Å². The van der Waals surface area contributed by atoms with Crippen LogP contribution in [0.2, 0.25) is 0 Å². The largest absolute Gasteiger partial charge is 0.489 e. The van der Waals surface area contributed by atoms with Crippen LogP contribution in [-0.4, -0.2) is 38.4 Å². The normalized spacial score (nSPS) is 22.5. The average molecular weight is 234 g/mol. The maximum atomic E-state index is 11.6. The summed E-state index contributed by atoms with van der Waals surface area (Å²) in [6.45, 7) is 2.68. The van der Waals surface area contributed by atoms with Crippen LogP contribution in [0, 0.1) is 0 Å². The minimum atomic E-state index is -0.0660. The highest BCUT2D eigenvalue weighted by Gasteiger charge is 2.26. The van der Waals surface area contributed by atoms with E-state index in [1.165, 1.54) is 0 Å². The third-order valence-electron chi connectivity index (χ3n) is 2.84. The molecule has 2 aliphatic rings. The van der Waals surface area contributed by atoms with Crippen LogP contribution in [0.25, 0.3) is 0 Å². The van der Waals surface area contributed by atoms with Crippen molar-refractivity contribution >= 4 is 11.7 Å². The summed E-state index contributed by atoms with van der Waals surface area (Å²) in [5, 5.41) is 2.78. The van der Waals surface area contributed by atoms with Crippen LogP contribution in [-0.2, 0) is 4.74 Å². The lowest BCUT2D eigenvalue weighted by Gasteiger charge is -2.18. The molecule has 0 unspecified atom stereocenters. The van der Waals surface area contributed by atoms with E-state index in [1.807, 2.05) is 24.3 Å². The fourth-order valence-electron chi connectivity index (χ4n) is 1.85. The van der Waals surface area contributed by atoms with E-state index in [4.69, 9.17) is 9.47 Å². The maximum absolute atomic E-state index is 11.6. The van der Waals surface area contributed by atoms with Crippen LogP contribution in [0.1, 0.15) is 0 Å². The Hall–Kier alpha value is -1.75. The van der Waals surface area contributed by atoms with Gasteiger partial charge in [-0.3, -0.25) is 4.90 Å². The van der Waals surface area contributed by atoms with Gasteiger partial charge in [0.15, 0.2) is 0 Å². The number of para-hydroxylation sites is 2. The number of hydrogen-bond acceptors (Lipinski definition) is 3. The molecule has 0 bridgehead atoms. The van der Waals surface area contributed by atoms with Gasteiger partial charge in [0.25, 0.3) is 0 Å². The fraction of sp³-hybridized carbons (Fsp3) is 0.417. The molecule has 1 atom stereocenters. The number of hydrogen-bond donors (Lipinski definition) is 1. The van der Waals surface area contributed by atoms with E-state index in [0.29, 0.717) is 19.7 Å². The number of epoxide rings is 1. The van der Waals surface area contributed by atoms with Crippen molar-refractivity contribution in [3.05, 3.63) is 24.3 Å². The van der Waals surface area contributed by atoms with E-state index in [0.717, 1.165) is 18.0 Å². The second kappa shape index (κ2) is 4.25. The Morgan fingerprint density at radius 1 is 1.47 bits per heavy atom. The van der Waals surface area contributed by atoms with Gasteiger partial charge in [-0.25, -0.2) is 4.79 Å². The monoisotopic (exact) mass is 234 g/mol. The Morgan fingerprint density at radius 2 is 2.29 bits per heavy atom. The van der Waals surface area contributed by atoms with Crippen molar-refractivity contribution in [2.45, 2.75) is 6.10 Å². The lowest BCUT2D eigenvalue weighted by Crippen LogP contribution is -2.28. The van der Waals surface area contributed by atoms with Crippen molar-refractivity contribution < 1.29 is 14.3 Å². The molecular formula is C12H14N2O3. The third-order valence-corrected chi connectivity index (χ3v) is 2.84. The Bertz CT molecular complexity index is 432. The van der Waals surface area contributed by atoms with Gasteiger partial charge in [-0.1, -0.05) is 12.1 Å². The fourth-order valence-corrected chi connectivity index (χ4v) is 1.85. The van der Waals surface area contributed by atoms with E-state index < -0.39 is 0 Å². The van der Waals surface area contributed by atoms with E-state index in [9.17, 15) is 4.79 Å². The standard InChI is InChI=1S/C12H14N2O3/c15-12-13-5-6-14(12)10-3-1-2-4-11(10)17-8-9-7-16-9/h1-4,9H,5-8H2,(H,13,15)/t9-/m0/s1. The Labute approximate surface area is 99.3 Å². The molecule has 1 N–H and O–H groups in total.